The van der Waals surface area contributed by atoms with Crippen LogP contribution in [0.5, 0.6) is 11.5 Å². The van der Waals surface area contributed by atoms with E-state index in [9.17, 15) is 9.90 Å². The molecule has 4 rings (SSSR count). The van der Waals surface area contributed by atoms with E-state index in [1.54, 1.807) is 36.6 Å². The number of hydrogen-bond acceptors (Lipinski definition) is 6. The number of piperazine rings is 1. The second-order valence-corrected chi connectivity index (χ2v) is 6.19. The lowest BCUT2D eigenvalue weighted by atomic mass is 10.1. The summed E-state index contributed by atoms with van der Waals surface area (Å²) in [6.07, 6.45) is 0.909. The van der Waals surface area contributed by atoms with Crippen molar-refractivity contribution in [2.24, 2.45) is 0 Å². The van der Waals surface area contributed by atoms with Gasteiger partial charge >= 0.3 is 0 Å². The Kier molecular flexibility index (Phi) is 4.33. The Morgan fingerprint density at radius 1 is 1.12 bits per heavy atom. The van der Waals surface area contributed by atoms with E-state index in [2.05, 4.69) is 4.90 Å². The summed E-state index contributed by atoms with van der Waals surface area (Å²) < 4.78 is 15.8. The predicted molar refractivity (Wildman–Crippen MR) is 88.6 cm³/mol. The number of aliphatic hydroxyl groups is 1. The van der Waals surface area contributed by atoms with Gasteiger partial charge in [0.05, 0.1) is 6.26 Å². The Hall–Kier alpha value is -2.51. The molecule has 7 heteroatoms. The molecule has 1 saturated heterocycles. The van der Waals surface area contributed by atoms with Crippen molar-refractivity contribution in [3.8, 4) is 11.5 Å². The van der Waals surface area contributed by atoms with E-state index in [1.165, 1.54) is 0 Å². The van der Waals surface area contributed by atoms with Gasteiger partial charge in [-0.2, -0.15) is 0 Å². The van der Waals surface area contributed by atoms with Gasteiger partial charge in [-0.1, -0.05) is 0 Å². The predicted octanol–water partition coefficient (Wildman–Crippen LogP) is 1.50. The number of hydrogen-bond donors (Lipinski definition) is 1. The van der Waals surface area contributed by atoms with Crippen LogP contribution >= 0.6 is 0 Å². The number of nitrogens with zero attached hydrogens (tertiary/aromatic N) is 2. The molecule has 2 aliphatic heterocycles. The van der Waals surface area contributed by atoms with Crippen molar-refractivity contribution in [1.82, 2.24) is 9.80 Å². The molecule has 0 radical (unpaired) electrons. The lowest BCUT2D eigenvalue weighted by Crippen LogP contribution is -2.49. The van der Waals surface area contributed by atoms with E-state index in [-0.39, 0.29) is 12.7 Å². The van der Waals surface area contributed by atoms with Crippen LogP contribution in [-0.4, -0.2) is 60.3 Å². The molecule has 132 valence electrons. The summed E-state index contributed by atoms with van der Waals surface area (Å²) in [7, 11) is 0. The van der Waals surface area contributed by atoms with Crippen LogP contribution in [0.15, 0.2) is 41.0 Å². The van der Waals surface area contributed by atoms with Crippen LogP contribution < -0.4 is 9.47 Å². The van der Waals surface area contributed by atoms with E-state index in [0.29, 0.717) is 55.5 Å². The fraction of sp³-hybridized carbons (Fsp3) is 0.389. The highest BCUT2D eigenvalue weighted by Crippen LogP contribution is 2.32. The molecule has 1 aromatic heterocycles. The number of amides is 1. The summed E-state index contributed by atoms with van der Waals surface area (Å²) >= 11 is 0. The zero-order chi connectivity index (χ0) is 17.2. The van der Waals surface area contributed by atoms with Crippen molar-refractivity contribution in [2.75, 3.05) is 39.5 Å². The number of benzene rings is 1. The second-order valence-electron chi connectivity index (χ2n) is 6.19. The summed E-state index contributed by atoms with van der Waals surface area (Å²) in [5, 5.41) is 10.2. The third-order valence-corrected chi connectivity index (χ3v) is 4.58. The lowest BCUT2D eigenvalue weighted by Gasteiger charge is -2.35. The van der Waals surface area contributed by atoms with Gasteiger partial charge < -0.3 is 23.9 Å². The Labute approximate surface area is 145 Å². The van der Waals surface area contributed by atoms with Gasteiger partial charge in [0.15, 0.2) is 11.5 Å². The summed E-state index contributed by atoms with van der Waals surface area (Å²) in [5.41, 5.74) is 0.605. The number of rotatable bonds is 4. The van der Waals surface area contributed by atoms with Crippen molar-refractivity contribution in [1.29, 1.82) is 0 Å². The first-order chi connectivity index (χ1) is 12.2. The molecule has 1 unspecified atom stereocenters. The third kappa shape index (κ3) is 3.33. The van der Waals surface area contributed by atoms with Gasteiger partial charge in [0, 0.05) is 38.3 Å². The molecule has 25 heavy (non-hydrogen) atoms. The fourth-order valence-corrected chi connectivity index (χ4v) is 3.16. The first-order valence-corrected chi connectivity index (χ1v) is 8.33. The average Bonchev–Trinajstić information content (AvgIpc) is 3.32. The smallest absolute Gasteiger partial charge is 0.254 e. The highest BCUT2D eigenvalue weighted by molar-refractivity contribution is 5.95. The SMILES string of the molecule is O=C(c1ccc2c(c1)OCO2)N1CCN(CC(O)c2ccco2)CC1. The minimum atomic E-state index is -0.647. The zero-order valence-electron chi connectivity index (χ0n) is 13.8. The minimum absolute atomic E-state index is 0.00969. The van der Waals surface area contributed by atoms with E-state index < -0.39 is 6.10 Å². The van der Waals surface area contributed by atoms with Crippen LogP contribution in [0, 0.1) is 0 Å². The van der Waals surface area contributed by atoms with Crippen molar-refractivity contribution in [3.05, 3.63) is 47.9 Å². The molecule has 0 saturated carbocycles. The van der Waals surface area contributed by atoms with E-state index in [4.69, 9.17) is 13.9 Å². The van der Waals surface area contributed by atoms with Gasteiger partial charge in [0.1, 0.15) is 11.9 Å². The molecule has 1 amide bonds. The molecule has 0 aliphatic carbocycles. The summed E-state index contributed by atoms with van der Waals surface area (Å²) in [5.74, 6) is 1.85. The minimum Gasteiger partial charge on any atom is -0.467 e. The van der Waals surface area contributed by atoms with Crippen LogP contribution in [0.3, 0.4) is 0 Å². The Balaban J connectivity index is 1.33. The normalized spacial score (nSPS) is 18.4. The van der Waals surface area contributed by atoms with Crippen molar-refractivity contribution < 1.29 is 23.8 Å². The summed E-state index contributed by atoms with van der Waals surface area (Å²) in [6.45, 7) is 3.38. The summed E-state index contributed by atoms with van der Waals surface area (Å²) in [6, 6.07) is 8.80. The number of furan rings is 1. The second kappa shape index (κ2) is 6.78. The molecule has 1 atom stereocenters. The topological polar surface area (TPSA) is 75.4 Å². The van der Waals surface area contributed by atoms with Crippen molar-refractivity contribution >= 4 is 5.91 Å². The molecule has 0 spiro atoms. The molecule has 2 aliphatic rings. The Bertz CT molecular complexity index is 738. The van der Waals surface area contributed by atoms with Crippen molar-refractivity contribution in [3.63, 3.8) is 0 Å². The van der Waals surface area contributed by atoms with Gasteiger partial charge in [-0.05, 0) is 30.3 Å². The van der Waals surface area contributed by atoms with Gasteiger partial charge in [-0.15, -0.1) is 0 Å². The lowest BCUT2D eigenvalue weighted by molar-refractivity contribution is 0.0486. The molecular weight excluding hydrogens is 324 g/mol. The first-order valence-electron chi connectivity index (χ1n) is 8.33. The number of β-amino-alcohol motifs (C(OH)–C–C–N with tert-alkyl or cyclic N) is 1. The number of fused-ring (bicyclic) bond motifs is 1. The molecule has 7 nitrogen and oxygen atoms in total. The molecular formula is C18H20N2O5. The fourth-order valence-electron chi connectivity index (χ4n) is 3.16. The highest BCUT2D eigenvalue weighted by atomic mass is 16.7. The van der Waals surface area contributed by atoms with Crippen LogP contribution in [0.2, 0.25) is 0 Å². The molecule has 1 fully saturated rings. The summed E-state index contributed by atoms with van der Waals surface area (Å²) in [4.78, 5) is 16.6. The van der Waals surface area contributed by atoms with Crippen LogP contribution in [0.1, 0.15) is 22.2 Å². The number of ether oxygens (including phenoxy) is 2. The van der Waals surface area contributed by atoms with Crippen LogP contribution in [0.4, 0.5) is 0 Å². The monoisotopic (exact) mass is 344 g/mol. The number of aliphatic hydroxyl groups excluding tert-OH is 1. The highest BCUT2D eigenvalue weighted by Gasteiger charge is 2.25. The molecule has 0 bridgehead atoms. The quantitative estimate of drug-likeness (QED) is 0.906. The van der Waals surface area contributed by atoms with E-state index in [0.717, 1.165) is 0 Å². The molecule has 3 heterocycles. The van der Waals surface area contributed by atoms with Gasteiger partial charge in [0.25, 0.3) is 5.91 Å². The Morgan fingerprint density at radius 2 is 1.92 bits per heavy atom. The maximum absolute atomic E-state index is 12.7. The maximum atomic E-state index is 12.7. The Morgan fingerprint density at radius 3 is 2.68 bits per heavy atom. The van der Waals surface area contributed by atoms with Crippen LogP contribution in [0.25, 0.3) is 0 Å². The van der Waals surface area contributed by atoms with E-state index >= 15 is 0 Å². The maximum Gasteiger partial charge on any atom is 0.254 e. The zero-order valence-corrected chi connectivity index (χ0v) is 13.8. The first kappa shape index (κ1) is 16.0. The third-order valence-electron chi connectivity index (χ3n) is 4.58. The molecule has 2 aromatic rings. The number of carbonyl (C=O) groups is 1. The average molecular weight is 344 g/mol. The largest absolute Gasteiger partial charge is 0.467 e. The van der Waals surface area contributed by atoms with Gasteiger partial charge in [-0.25, -0.2) is 0 Å². The standard InChI is InChI=1S/C18H20N2O5/c21-14(15-2-1-9-23-15)11-19-5-7-20(8-6-19)18(22)13-3-4-16-17(10-13)25-12-24-16/h1-4,9-10,14,21H,5-8,11-12H2. The molecule has 1 N–H and O–H groups in total. The van der Waals surface area contributed by atoms with Gasteiger partial charge in [0.2, 0.25) is 6.79 Å². The number of carbonyl (C=O) groups excluding carboxylic acids is 1. The molecule has 1 aromatic carbocycles. The van der Waals surface area contributed by atoms with Crippen molar-refractivity contribution in [2.45, 2.75) is 6.10 Å². The van der Waals surface area contributed by atoms with E-state index in [1.807, 2.05) is 4.90 Å². The van der Waals surface area contributed by atoms with Gasteiger partial charge in [-0.3, -0.25) is 9.69 Å². The van der Waals surface area contributed by atoms with Crippen LogP contribution in [-0.2, 0) is 0 Å².